The fraction of sp³-hybridized carbons (Fsp3) is 0.556. The normalized spacial score (nSPS) is 22.4. The minimum absolute atomic E-state index is 0.202. The Morgan fingerprint density at radius 1 is 1.25 bits per heavy atom. The van der Waals surface area contributed by atoms with Gasteiger partial charge < -0.3 is 14.7 Å². The first kappa shape index (κ1) is 16.8. The number of piperidine rings is 2. The zero-order valence-corrected chi connectivity index (χ0v) is 14.0. The molecule has 2 heterocycles. The van der Waals surface area contributed by atoms with E-state index >= 15 is 0 Å². The van der Waals surface area contributed by atoms with Crippen molar-refractivity contribution < 1.29 is 19.4 Å². The van der Waals surface area contributed by atoms with Crippen molar-refractivity contribution >= 4 is 17.5 Å². The number of aliphatic hydroxyl groups excluding tert-OH is 1. The number of ether oxygens (including phenoxy) is 1. The van der Waals surface area contributed by atoms with E-state index in [2.05, 4.69) is 10.2 Å². The molecule has 1 unspecified atom stereocenters. The van der Waals surface area contributed by atoms with Gasteiger partial charge in [-0.2, -0.15) is 0 Å². The molecule has 2 aliphatic rings. The number of nitrogens with zero attached hydrogens (tertiary/aromatic N) is 1. The molecule has 2 fully saturated rings. The van der Waals surface area contributed by atoms with Crippen LogP contribution in [0.3, 0.4) is 0 Å². The molecular weight excluding hydrogens is 308 g/mol. The Morgan fingerprint density at radius 2 is 2.00 bits per heavy atom. The van der Waals surface area contributed by atoms with Crippen molar-refractivity contribution in [1.29, 1.82) is 0 Å². The molecule has 3 rings (SSSR count). The quantitative estimate of drug-likeness (QED) is 0.816. The number of hydrogen-bond donors (Lipinski definition) is 2. The van der Waals surface area contributed by atoms with Crippen molar-refractivity contribution in [2.45, 2.75) is 31.6 Å². The summed E-state index contributed by atoms with van der Waals surface area (Å²) in [6, 6.07) is 5.86. The molecule has 2 amide bonds. The smallest absolute Gasteiger partial charge is 0.234 e. The molecule has 2 aliphatic heterocycles. The monoisotopic (exact) mass is 332 g/mol. The lowest BCUT2D eigenvalue weighted by Gasteiger charge is -2.34. The molecule has 24 heavy (non-hydrogen) atoms. The van der Waals surface area contributed by atoms with Crippen LogP contribution in [0.4, 0.5) is 5.69 Å². The van der Waals surface area contributed by atoms with Gasteiger partial charge in [-0.25, -0.2) is 0 Å². The third kappa shape index (κ3) is 3.38. The van der Waals surface area contributed by atoms with Gasteiger partial charge in [-0.3, -0.25) is 14.9 Å². The van der Waals surface area contributed by atoms with Crippen molar-refractivity contribution in [2.75, 3.05) is 31.7 Å². The molecule has 6 nitrogen and oxygen atoms in total. The van der Waals surface area contributed by atoms with Crippen molar-refractivity contribution in [1.82, 2.24) is 5.32 Å². The Morgan fingerprint density at radius 3 is 2.62 bits per heavy atom. The summed E-state index contributed by atoms with van der Waals surface area (Å²) in [5.74, 6) is 0.400. The summed E-state index contributed by atoms with van der Waals surface area (Å²) in [6.07, 6.45) is 2.84. The molecule has 130 valence electrons. The van der Waals surface area contributed by atoms with Gasteiger partial charge in [0.2, 0.25) is 11.8 Å². The van der Waals surface area contributed by atoms with Gasteiger partial charge in [-0.15, -0.1) is 0 Å². The number of carbonyl (C=O) groups is 2. The Hall–Kier alpha value is -2.08. The van der Waals surface area contributed by atoms with Gasteiger partial charge in [0.25, 0.3) is 0 Å². The summed E-state index contributed by atoms with van der Waals surface area (Å²) in [5, 5.41) is 11.7. The molecule has 2 N–H and O–H groups in total. The van der Waals surface area contributed by atoms with E-state index < -0.39 is 0 Å². The highest BCUT2D eigenvalue weighted by molar-refractivity contribution is 6.01. The van der Waals surface area contributed by atoms with Gasteiger partial charge in [0.1, 0.15) is 5.75 Å². The zero-order chi connectivity index (χ0) is 17.1. The largest absolute Gasteiger partial charge is 0.495 e. The number of benzene rings is 1. The van der Waals surface area contributed by atoms with E-state index in [1.807, 2.05) is 18.2 Å². The summed E-state index contributed by atoms with van der Waals surface area (Å²) >= 11 is 0. The number of nitrogens with one attached hydrogen (secondary N) is 1. The van der Waals surface area contributed by atoms with Crippen molar-refractivity contribution in [3.63, 3.8) is 0 Å². The number of methoxy groups -OCH3 is 1. The molecule has 6 heteroatoms. The van der Waals surface area contributed by atoms with E-state index in [0.29, 0.717) is 18.8 Å². The maximum Gasteiger partial charge on any atom is 0.234 e. The zero-order valence-electron chi connectivity index (χ0n) is 14.0. The number of amides is 2. The van der Waals surface area contributed by atoms with Crippen LogP contribution < -0.4 is 15.0 Å². The lowest BCUT2D eigenvalue weighted by molar-refractivity contribution is -0.134. The molecule has 0 aliphatic carbocycles. The summed E-state index contributed by atoms with van der Waals surface area (Å²) in [6.45, 7) is 2.03. The third-order valence-electron chi connectivity index (χ3n) is 5.06. The molecule has 1 aromatic carbocycles. The minimum Gasteiger partial charge on any atom is -0.495 e. The average molecular weight is 332 g/mol. The maximum absolute atomic E-state index is 12.1. The predicted octanol–water partition coefficient (Wildman–Crippen LogP) is 1.42. The Labute approximate surface area is 141 Å². The highest BCUT2D eigenvalue weighted by atomic mass is 16.5. The Kier molecular flexibility index (Phi) is 5.04. The molecule has 0 spiro atoms. The standard InChI is InChI=1S/C18H24N2O4/c1-24-16-10-13(14-3-5-17(22)19-18(14)23)2-4-15(16)20-8-6-12(11-21)7-9-20/h2,4,10,12,14,21H,3,5-9,11H2,1H3,(H,19,22,23). The van der Waals surface area contributed by atoms with Gasteiger partial charge in [-0.05, 0) is 42.9 Å². The SMILES string of the molecule is COc1cc(C2CCC(=O)NC2=O)ccc1N1CCC(CO)CC1. The topological polar surface area (TPSA) is 78.9 Å². The fourth-order valence-corrected chi connectivity index (χ4v) is 3.54. The highest BCUT2D eigenvalue weighted by Gasteiger charge is 2.29. The number of rotatable bonds is 4. The average Bonchev–Trinajstić information content (AvgIpc) is 2.61. The van der Waals surface area contributed by atoms with E-state index in [1.54, 1.807) is 7.11 Å². The Balaban J connectivity index is 1.78. The number of anilines is 1. The maximum atomic E-state index is 12.1. The highest BCUT2D eigenvalue weighted by Crippen LogP contribution is 2.35. The number of hydrogen-bond acceptors (Lipinski definition) is 5. The molecule has 0 radical (unpaired) electrons. The summed E-state index contributed by atoms with van der Waals surface area (Å²) in [7, 11) is 1.63. The van der Waals surface area contributed by atoms with Gasteiger partial charge in [-0.1, -0.05) is 6.07 Å². The van der Waals surface area contributed by atoms with E-state index in [1.165, 1.54) is 0 Å². The number of carbonyl (C=O) groups excluding carboxylic acids is 2. The second kappa shape index (κ2) is 7.21. The molecule has 0 saturated carbocycles. The molecule has 1 aromatic rings. The Bertz CT molecular complexity index is 623. The first-order valence-electron chi connectivity index (χ1n) is 8.49. The molecule has 1 atom stereocenters. The molecular formula is C18H24N2O4. The van der Waals surface area contributed by atoms with Crippen molar-refractivity contribution in [3.8, 4) is 5.75 Å². The van der Waals surface area contributed by atoms with E-state index in [4.69, 9.17) is 4.74 Å². The van der Waals surface area contributed by atoms with Gasteiger partial charge in [0.15, 0.2) is 0 Å². The minimum atomic E-state index is -0.300. The van der Waals surface area contributed by atoms with Crippen LogP contribution in [0.15, 0.2) is 18.2 Å². The lowest BCUT2D eigenvalue weighted by Crippen LogP contribution is -2.39. The van der Waals surface area contributed by atoms with Gasteiger partial charge in [0.05, 0.1) is 18.7 Å². The van der Waals surface area contributed by atoms with Crippen LogP contribution in [0.25, 0.3) is 0 Å². The molecule has 2 saturated heterocycles. The van der Waals surface area contributed by atoms with Crippen LogP contribution in [0.5, 0.6) is 5.75 Å². The van der Waals surface area contributed by atoms with Crippen LogP contribution in [0.2, 0.25) is 0 Å². The summed E-state index contributed by atoms with van der Waals surface area (Å²) in [5.41, 5.74) is 1.90. The van der Waals surface area contributed by atoms with Crippen molar-refractivity contribution in [2.24, 2.45) is 5.92 Å². The van der Waals surface area contributed by atoms with Crippen LogP contribution in [0, 0.1) is 5.92 Å². The van der Waals surface area contributed by atoms with E-state index in [0.717, 1.165) is 42.9 Å². The first-order valence-corrected chi connectivity index (χ1v) is 8.49. The van der Waals surface area contributed by atoms with Crippen molar-refractivity contribution in [3.05, 3.63) is 23.8 Å². The second-order valence-electron chi connectivity index (χ2n) is 6.55. The van der Waals surface area contributed by atoms with E-state index in [-0.39, 0.29) is 24.3 Å². The van der Waals surface area contributed by atoms with E-state index in [9.17, 15) is 14.7 Å². The van der Waals surface area contributed by atoms with Crippen LogP contribution in [0.1, 0.15) is 37.2 Å². The molecule has 0 bridgehead atoms. The fourth-order valence-electron chi connectivity index (χ4n) is 3.54. The van der Waals surface area contributed by atoms with Crippen LogP contribution in [-0.2, 0) is 9.59 Å². The molecule has 0 aromatic heterocycles. The van der Waals surface area contributed by atoms with Gasteiger partial charge >= 0.3 is 0 Å². The lowest BCUT2D eigenvalue weighted by atomic mass is 9.90. The summed E-state index contributed by atoms with van der Waals surface area (Å²) < 4.78 is 5.55. The first-order chi connectivity index (χ1) is 11.6. The predicted molar refractivity (Wildman–Crippen MR) is 90.1 cm³/mol. The van der Waals surface area contributed by atoms with Crippen LogP contribution in [-0.4, -0.2) is 43.7 Å². The second-order valence-corrected chi connectivity index (χ2v) is 6.55. The summed E-state index contributed by atoms with van der Waals surface area (Å²) in [4.78, 5) is 25.6. The number of aliphatic hydroxyl groups is 1. The van der Waals surface area contributed by atoms with Gasteiger partial charge in [0, 0.05) is 26.1 Å². The van der Waals surface area contributed by atoms with Crippen LogP contribution >= 0.6 is 0 Å². The number of imide groups is 1. The third-order valence-corrected chi connectivity index (χ3v) is 5.06.